The SMILES string of the molecule is COc1cccc(C(=O)CCC[N+]2(C)CC[C@@H](C(C(N)=O)(c3ccccc3)c3ccccc3)C2)c1. The van der Waals surface area contributed by atoms with Crippen molar-refractivity contribution in [3.05, 3.63) is 102 Å². The molecule has 1 unspecified atom stereocenters. The summed E-state index contributed by atoms with van der Waals surface area (Å²) in [5, 5.41) is 0. The van der Waals surface area contributed by atoms with Gasteiger partial charge in [-0.1, -0.05) is 72.8 Å². The van der Waals surface area contributed by atoms with Gasteiger partial charge in [-0.25, -0.2) is 0 Å². The van der Waals surface area contributed by atoms with Crippen molar-refractivity contribution in [2.45, 2.75) is 24.7 Å². The van der Waals surface area contributed by atoms with Gasteiger partial charge in [0.05, 0.1) is 33.8 Å². The smallest absolute Gasteiger partial charge is 0.233 e. The van der Waals surface area contributed by atoms with E-state index < -0.39 is 5.41 Å². The fraction of sp³-hybridized carbons (Fsp3) is 0.333. The number of amides is 1. The van der Waals surface area contributed by atoms with Crippen molar-refractivity contribution in [3.8, 4) is 5.75 Å². The third-order valence-electron chi connectivity index (χ3n) is 7.63. The Hall–Kier alpha value is -3.44. The van der Waals surface area contributed by atoms with E-state index in [0.717, 1.165) is 48.1 Å². The van der Waals surface area contributed by atoms with Gasteiger partial charge in [-0.3, -0.25) is 9.59 Å². The fourth-order valence-electron chi connectivity index (χ4n) is 5.83. The molecule has 0 saturated carbocycles. The Morgan fingerprint density at radius 2 is 1.60 bits per heavy atom. The molecular weight excluding hydrogens is 436 g/mol. The van der Waals surface area contributed by atoms with Gasteiger partial charge in [0.1, 0.15) is 11.2 Å². The van der Waals surface area contributed by atoms with Gasteiger partial charge in [0.2, 0.25) is 5.91 Å². The molecule has 0 aromatic heterocycles. The molecule has 1 fully saturated rings. The number of Topliss-reactive ketones (excluding diaryl/α,β-unsaturated/α-hetero) is 1. The van der Waals surface area contributed by atoms with E-state index in [9.17, 15) is 9.59 Å². The second-order valence-corrected chi connectivity index (χ2v) is 9.90. The predicted molar refractivity (Wildman–Crippen MR) is 138 cm³/mol. The topological polar surface area (TPSA) is 69.4 Å². The lowest BCUT2D eigenvalue weighted by Crippen LogP contribution is -2.51. The summed E-state index contributed by atoms with van der Waals surface area (Å²) >= 11 is 0. The lowest BCUT2D eigenvalue weighted by molar-refractivity contribution is -0.899. The van der Waals surface area contributed by atoms with E-state index in [2.05, 4.69) is 7.05 Å². The molecule has 1 amide bonds. The summed E-state index contributed by atoms with van der Waals surface area (Å²) < 4.78 is 6.07. The number of hydrogen-bond acceptors (Lipinski definition) is 3. The van der Waals surface area contributed by atoms with E-state index >= 15 is 0 Å². The van der Waals surface area contributed by atoms with Crippen molar-refractivity contribution >= 4 is 11.7 Å². The molecule has 0 bridgehead atoms. The Kier molecular flexibility index (Phi) is 7.37. The second kappa shape index (κ2) is 10.4. The number of rotatable bonds is 10. The molecule has 2 N–H and O–H groups in total. The van der Waals surface area contributed by atoms with Gasteiger partial charge in [0.15, 0.2) is 5.78 Å². The fourth-order valence-corrected chi connectivity index (χ4v) is 5.83. The molecule has 182 valence electrons. The molecule has 5 nitrogen and oxygen atoms in total. The number of quaternary nitrogens is 1. The van der Waals surface area contributed by atoms with Gasteiger partial charge in [-0.15, -0.1) is 0 Å². The molecule has 0 aliphatic carbocycles. The number of methoxy groups -OCH3 is 1. The minimum absolute atomic E-state index is 0.0730. The third kappa shape index (κ3) is 5.01. The molecule has 1 saturated heterocycles. The van der Waals surface area contributed by atoms with Crippen LogP contribution < -0.4 is 10.5 Å². The van der Waals surface area contributed by atoms with Gasteiger partial charge in [-0.05, 0) is 23.3 Å². The van der Waals surface area contributed by atoms with Gasteiger partial charge >= 0.3 is 0 Å². The van der Waals surface area contributed by atoms with Gasteiger partial charge in [-0.2, -0.15) is 0 Å². The highest BCUT2D eigenvalue weighted by Crippen LogP contribution is 2.45. The van der Waals surface area contributed by atoms with E-state index in [1.807, 2.05) is 78.9 Å². The van der Waals surface area contributed by atoms with Crippen molar-refractivity contribution in [1.29, 1.82) is 0 Å². The lowest BCUT2D eigenvalue weighted by Gasteiger charge is -2.38. The Morgan fingerprint density at radius 3 is 2.17 bits per heavy atom. The summed E-state index contributed by atoms with van der Waals surface area (Å²) in [5.41, 5.74) is 7.94. The van der Waals surface area contributed by atoms with E-state index in [0.29, 0.717) is 17.7 Å². The number of ketones is 1. The quantitative estimate of drug-likeness (QED) is 0.347. The summed E-state index contributed by atoms with van der Waals surface area (Å²) in [5.74, 6) is 0.596. The first-order chi connectivity index (χ1) is 16.9. The first-order valence-corrected chi connectivity index (χ1v) is 12.3. The van der Waals surface area contributed by atoms with E-state index in [4.69, 9.17) is 10.5 Å². The van der Waals surface area contributed by atoms with Crippen LogP contribution >= 0.6 is 0 Å². The van der Waals surface area contributed by atoms with Crippen LogP contribution in [0.15, 0.2) is 84.9 Å². The number of carbonyl (C=O) groups is 2. The average molecular weight is 472 g/mol. The van der Waals surface area contributed by atoms with Crippen molar-refractivity contribution in [1.82, 2.24) is 0 Å². The maximum absolute atomic E-state index is 13.3. The zero-order chi connectivity index (χ0) is 24.9. The average Bonchev–Trinajstić information content (AvgIpc) is 3.27. The maximum Gasteiger partial charge on any atom is 0.233 e. The first-order valence-electron chi connectivity index (χ1n) is 12.3. The van der Waals surface area contributed by atoms with Crippen molar-refractivity contribution < 1.29 is 18.8 Å². The molecule has 3 aromatic rings. The van der Waals surface area contributed by atoms with Crippen molar-refractivity contribution in [2.75, 3.05) is 33.8 Å². The molecule has 1 aliphatic heterocycles. The molecule has 3 aromatic carbocycles. The second-order valence-electron chi connectivity index (χ2n) is 9.90. The summed E-state index contributed by atoms with van der Waals surface area (Å²) in [6.07, 6.45) is 2.18. The molecule has 2 atom stereocenters. The van der Waals surface area contributed by atoms with Crippen LogP contribution in [0.1, 0.15) is 40.7 Å². The van der Waals surface area contributed by atoms with Crippen LogP contribution in [0.4, 0.5) is 0 Å². The van der Waals surface area contributed by atoms with Crippen LogP contribution in [-0.4, -0.2) is 50.0 Å². The number of nitrogens with zero attached hydrogens (tertiary/aromatic N) is 1. The number of benzene rings is 3. The van der Waals surface area contributed by atoms with Crippen LogP contribution in [0.25, 0.3) is 0 Å². The highest BCUT2D eigenvalue weighted by molar-refractivity contribution is 5.96. The Morgan fingerprint density at radius 1 is 0.971 bits per heavy atom. The molecular formula is C30H35N2O3+. The number of likely N-dealkylation sites (tertiary alicyclic amines) is 1. The normalized spacial score (nSPS) is 19.9. The lowest BCUT2D eigenvalue weighted by atomic mass is 9.64. The van der Waals surface area contributed by atoms with E-state index in [1.165, 1.54) is 0 Å². The number of ether oxygens (including phenoxy) is 1. The summed E-state index contributed by atoms with van der Waals surface area (Å²) in [6, 6.07) is 27.3. The molecule has 35 heavy (non-hydrogen) atoms. The summed E-state index contributed by atoms with van der Waals surface area (Å²) in [4.78, 5) is 26.0. The zero-order valence-corrected chi connectivity index (χ0v) is 20.7. The number of primary amides is 1. The van der Waals surface area contributed by atoms with Gasteiger partial charge < -0.3 is 15.0 Å². The monoisotopic (exact) mass is 471 g/mol. The van der Waals surface area contributed by atoms with Crippen LogP contribution in [0.5, 0.6) is 5.75 Å². The number of carbonyl (C=O) groups excluding carboxylic acids is 2. The Labute approximate surface area is 208 Å². The largest absolute Gasteiger partial charge is 0.497 e. The molecule has 1 aliphatic rings. The Bertz CT molecular complexity index is 1120. The third-order valence-corrected chi connectivity index (χ3v) is 7.63. The molecule has 0 spiro atoms. The minimum atomic E-state index is -0.880. The van der Waals surface area contributed by atoms with Crippen molar-refractivity contribution in [3.63, 3.8) is 0 Å². The molecule has 1 heterocycles. The zero-order valence-electron chi connectivity index (χ0n) is 20.7. The van der Waals surface area contributed by atoms with E-state index in [-0.39, 0.29) is 17.6 Å². The van der Waals surface area contributed by atoms with Crippen LogP contribution in [0.3, 0.4) is 0 Å². The summed E-state index contributed by atoms with van der Waals surface area (Å²) in [6.45, 7) is 2.66. The van der Waals surface area contributed by atoms with Crippen LogP contribution in [0, 0.1) is 5.92 Å². The van der Waals surface area contributed by atoms with Crippen molar-refractivity contribution in [2.24, 2.45) is 11.7 Å². The molecule has 0 radical (unpaired) electrons. The minimum Gasteiger partial charge on any atom is -0.497 e. The number of hydrogen-bond donors (Lipinski definition) is 1. The number of nitrogens with two attached hydrogens (primary N) is 1. The van der Waals surface area contributed by atoms with Gasteiger partial charge in [0.25, 0.3) is 0 Å². The van der Waals surface area contributed by atoms with Crippen LogP contribution in [-0.2, 0) is 10.2 Å². The van der Waals surface area contributed by atoms with E-state index in [1.54, 1.807) is 13.2 Å². The molecule has 5 heteroatoms. The predicted octanol–water partition coefficient (Wildman–Crippen LogP) is 4.60. The highest BCUT2D eigenvalue weighted by Gasteiger charge is 2.53. The highest BCUT2D eigenvalue weighted by atomic mass is 16.5. The maximum atomic E-state index is 13.3. The Balaban J connectivity index is 1.52. The summed E-state index contributed by atoms with van der Waals surface area (Å²) in [7, 11) is 3.84. The standard InChI is InChI=1S/C30H34N2O3/c1-32(19-10-17-28(33)23-11-9-16-27(21-23)35-2)20-18-26(22-32)30(29(31)34,24-12-5-3-6-13-24)25-14-7-4-8-15-25/h3-9,11-16,21,26H,10,17-20,22H2,1-2H3,(H-,31,34)/p+1/t26-,32?/m1/s1. The molecule has 4 rings (SSSR count). The first kappa shape index (κ1) is 24.7. The van der Waals surface area contributed by atoms with Crippen LogP contribution in [0.2, 0.25) is 0 Å². The van der Waals surface area contributed by atoms with Gasteiger partial charge in [0, 0.05) is 30.7 Å².